The van der Waals surface area contributed by atoms with Gasteiger partial charge in [0.05, 0.1) is 16.6 Å². The Labute approximate surface area is 115 Å². The van der Waals surface area contributed by atoms with E-state index in [4.69, 9.17) is 5.26 Å². The summed E-state index contributed by atoms with van der Waals surface area (Å²) in [5.41, 5.74) is 2.19. The van der Waals surface area contributed by atoms with Crippen LogP contribution in [0.25, 0.3) is 0 Å². The van der Waals surface area contributed by atoms with Crippen molar-refractivity contribution in [3.63, 3.8) is 0 Å². The third-order valence-electron chi connectivity index (χ3n) is 2.74. The molecule has 20 heavy (non-hydrogen) atoms. The zero-order valence-corrected chi connectivity index (χ0v) is 10.8. The summed E-state index contributed by atoms with van der Waals surface area (Å²) in [5, 5.41) is 22.6. The molecule has 2 rings (SSSR count). The molecule has 0 unspecified atom stereocenters. The Hall–Kier alpha value is -2.94. The minimum atomic E-state index is -0.457. The van der Waals surface area contributed by atoms with Gasteiger partial charge in [0, 0.05) is 18.8 Å². The molecular formula is C14H12N4O2. The zero-order chi connectivity index (χ0) is 14.5. The summed E-state index contributed by atoms with van der Waals surface area (Å²) in [7, 11) is 0. The quantitative estimate of drug-likeness (QED) is 0.680. The number of nitriles is 1. The number of rotatable bonds is 4. The molecule has 0 radical (unpaired) electrons. The van der Waals surface area contributed by atoms with E-state index in [1.54, 1.807) is 37.4 Å². The summed E-state index contributed by atoms with van der Waals surface area (Å²) in [5.74, 6) is 0.241. The van der Waals surface area contributed by atoms with Crippen LogP contribution in [0.2, 0.25) is 0 Å². The number of pyridine rings is 1. The molecule has 100 valence electrons. The lowest BCUT2D eigenvalue weighted by molar-refractivity contribution is -0.384. The number of aryl methyl sites for hydroxylation is 1. The van der Waals surface area contributed by atoms with Crippen molar-refractivity contribution in [1.29, 1.82) is 5.26 Å². The first kappa shape index (κ1) is 13.5. The van der Waals surface area contributed by atoms with E-state index < -0.39 is 4.92 Å². The minimum absolute atomic E-state index is 0.0429. The maximum absolute atomic E-state index is 11.0. The average molecular weight is 268 g/mol. The lowest BCUT2D eigenvalue weighted by Crippen LogP contribution is -2.05. The lowest BCUT2D eigenvalue weighted by Gasteiger charge is -2.06. The standard InChI is InChI=1S/C14H12N4O2/c1-10-6-13(18(19)20)14(16-8-10)17-9-12-4-2-11(7-15)3-5-12/h2-6,8H,9H2,1H3,(H,16,17). The summed E-state index contributed by atoms with van der Waals surface area (Å²) < 4.78 is 0. The summed E-state index contributed by atoms with van der Waals surface area (Å²) in [6.45, 7) is 2.16. The van der Waals surface area contributed by atoms with E-state index in [-0.39, 0.29) is 11.5 Å². The highest BCUT2D eigenvalue weighted by Gasteiger charge is 2.14. The average Bonchev–Trinajstić information content (AvgIpc) is 2.46. The van der Waals surface area contributed by atoms with Crippen LogP contribution in [0.15, 0.2) is 36.5 Å². The summed E-state index contributed by atoms with van der Waals surface area (Å²) in [4.78, 5) is 14.5. The first-order chi connectivity index (χ1) is 9.60. The fraction of sp³-hybridized carbons (Fsp3) is 0.143. The Morgan fingerprint density at radius 3 is 2.70 bits per heavy atom. The van der Waals surface area contributed by atoms with Gasteiger partial charge in [-0.3, -0.25) is 10.1 Å². The maximum Gasteiger partial charge on any atom is 0.311 e. The van der Waals surface area contributed by atoms with E-state index >= 15 is 0 Å². The number of benzene rings is 1. The van der Waals surface area contributed by atoms with E-state index in [1.165, 1.54) is 6.07 Å². The van der Waals surface area contributed by atoms with Crippen molar-refractivity contribution in [2.24, 2.45) is 0 Å². The monoisotopic (exact) mass is 268 g/mol. The summed E-state index contributed by atoms with van der Waals surface area (Å²) in [6.07, 6.45) is 1.58. The van der Waals surface area contributed by atoms with E-state index in [0.29, 0.717) is 12.1 Å². The highest BCUT2D eigenvalue weighted by molar-refractivity contribution is 5.56. The zero-order valence-electron chi connectivity index (χ0n) is 10.8. The topological polar surface area (TPSA) is 91.8 Å². The first-order valence-electron chi connectivity index (χ1n) is 5.94. The number of hydrogen-bond donors (Lipinski definition) is 1. The largest absolute Gasteiger partial charge is 0.360 e. The molecule has 1 heterocycles. The number of nitrogens with zero attached hydrogens (tertiary/aromatic N) is 3. The lowest BCUT2D eigenvalue weighted by atomic mass is 10.1. The van der Waals surface area contributed by atoms with Gasteiger partial charge in [-0.1, -0.05) is 12.1 Å². The predicted molar refractivity (Wildman–Crippen MR) is 74.1 cm³/mol. The summed E-state index contributed by atoms with van der Waals surface area (Å²) >= 11 is 0. The Balaban J connectivity index is 2.14. The number of aromatic nitrogens is 1. The maximum atomic E-state index is 11.0. The van der Waals surface area contributed by atoms with Gasteiger partial charge in [0.15, 0.2) is 0 Å². The van der Waals surface area contributed by atoms with Gasteiger partial charge in [0.2, 0.25) is 5.82 Å². The highest BCUT2D eigenvalue weighted by atomic mass is 16.6. The normalized spacial score (nSPS) is 9.80. The molecule has 1 aromatic carbocycles. The second kappa shape index (κ2) is 5.80. The molecule has 6 nitrogen and oxygen atoms in total. The second-order valence-electron chi connectivity index (χ2n) is 4.30. The third-order valence-corrected chi connectivity index (χ3v) is 2.74. The fourth-order valence-electron chi connectivity index (χ4n) is 1.71. The van der Waals surface area contributed by atoms with Crippen molar-refractivity contribution >= 4 is 11.5 Å². The Kier molecular flexibility index (Phi) is 3.91. The Morgan fingerprint density at radius 1 is 1.40 bits per heavy atom. The number of nitro groups is 1. The molecule has 1 N–H and O–H groups in total. The second-order valence-corrected chi connectivity index (χ2v) is 4.30. The number of hydrogen-bond acceptors (Lipinski definition) is 5. The van der Waals surface area contributed by atoms with Gasteiger partial charge >= 0.3 is 5.69 Å². The molecule has 0 aliphatic rings. The fourth-order valence-corrected chi connectivity index (χ4v) is 1.71. The molecular weight excluding hydrogens is 256 g/mol. The van der Waals surface area contributed by atoms with Crippen molar-refractivity contribution in [3.8, 4) is 6.07 Å². The first-order valence-corrected chi connectivity index (χ1v) is 5.94. The molecule has 0 saturated carbocycles. The number of anilines is 1. The van der Waals surface area contributed by atoms with E-state index in [1.807, 2.05) is 6.07 Å². The molecule has 0 spiro atoms. The van der Waals surface area contributed by atoms with Gasteiger partial charge in [0.25, 0.3) is 0 Å². The van der Waals surface area contributed by atoms with Crippen LogP contribution < -0.4 is 5.32 Å². The predicted octanol–water partition coefficient (Wildman–Crippen LogP) is 2.78. The van der Waals surface area contributed by atoms with Crippen LogP contribution in [-0.4, -0.2) is 9.91 Å². The Bertz CT molecular complexity index is 675. The van der Waals surface area contributed by atoms with Crippen LogP contribution in [0.1, 0.15) is 16.7 Å². The molecule has 1 aromatic heterocycles. The van der Waals surface area contributed by atoms with E-state index in [0.717, 1.165) is 11.1 Å². The van der Waals surface area contributed by atoms with E-state index in [2.05, 4.69) is 10.3 Å². The van der Waals surface area contributed by atoms with Crippen molar-refractivity contribution in [1.82, 2.24) is 4.98 Å². The van der Waals surface area contributed by atoms with Gasteiger partial charge in [0.1, 0.15) is 0 Å². The van der Waals surface area contributed by atoms with Crippen LogP contribution in [-0.2, 0) is 6.54 Å². The van der Waals surface area contributed by atoms with Crippen LogP contribution in [0.4, 0.5) is 11.5 Å². The van der Waals surface area contributed by atoms with Crippen LogP contribution in [0.3, 0.4) is 0 Å². The highest BCUT2D eigenvalue weighted by Crippen LogP contribution is 2.22. The van der Waals surface area contributed by atoms with Crippen LogP contribution in [0.5, 0.6) is 0 Å². The van der Waals surface area contributed by atoms with Gasteiger partial charge in [-0.05, 0) is 30.2 Å². The van der Waals surface area contributed by atoms with E-state index in [9.17, 15) is 10.1 Å². The number of nitrogens with one attached hydrogen (secondary N) is 1. The molecule has 0 amide bonds. The molecule has 0 saturated heterocycles. The minimum Gasteiger partial charge on any atom is -0.360 e. The molecule has 2 aromatic rings. The molecule has 0 aliphatic heterocycles. The SMILES string of the molecule is Cc1cnc(NCc2ccc(C#N)cc2)c([N+](=O)[O-])c1. The molecule has 6 heteroatoms. The smallest absolute Gasteiger partial charge is 0.311 e. The van der Waals surface area contributed by atoms with Crippen molar-refractivity contribution < 1.29 is 4.92 Å². The molecule has 0 atom stereocenters. The van der Waals surface area contributed by atoms with Crippen LogP contribution in [0, 0.1) is 28.4 Å². The van der Waals surface area contributed by atoms with Crippen molar-refractivity contribution in [2.45, 2.75) is 13.5 Å². The third kappa shape index (κ3) is 3.09. The van der Waals surface area contributed by atoms with Gasteiger partial charge in [-0.15, -0.1) is 0 Å². The van der Waals surface area contributed by atoms with Gasteiger partial charge < -0.3 is 5.32 Å². The van der Waals surface area contributed by atoms with Gasteiger partial charge in [-0.2, -0.15) is 5.26 Å². The van der Waals surface area contributed by atoms with Gasteiger partial charge in [-0.25, -0.2) is 4.98 Å². The molecule has 0 fully saturated rings. The van der Waals surface area contributed by atoms with Crippen LogP contribution >= 0.6 is 0 Å². The Morgan fingerprint density at radius 2 is 2.10 bits per heavy atom. The molecule has 0 aliphatic carbocycles. The molecule has 0 bridgehead atoms. The summed E-state index contributed by atoms with van der Waals surface area (Å²) in [6, 6.07) is 10.5. The van der Waals surface area contributed by atoms with Crippen molar-refractivity contribution in [2.75, 3.05) is 5.32 Å². The van der Waals surface area contributed by atoms with Crippen molar-refractivity contribution in [3.05, 3.63) is 63.3 Å².